The lowest BCUT2D eigenvalue weighted by atomic mass is 9.89. The molecule has 0 aliphatic heterocycles. The van der Waals surface area contributed by atoms with Gasteiger partial charge in [-0.3, -0.25) is 4.89 Å². The molecule has 1 aromatic carbocycles. The summed E-state index contributed by atoms with van der Waals surface area (Å²) in [7, 11) is 0. The maximum absolute atomic E-state index is 11.6. The van der Waals surface area contributed by atoms with Crippen molar-refractivity contribution in [1.29, 1.82) is 0 Å². The van der Waals surface area contributed by atoms with Crippen LogP contribution in [0.15, 0.2) is 30.3 Å². The van der Waals surface area contributed by atoms with Crippen molar-refractivity contribution < 1.29 is 14.6 Å². The van der Waals surface area contributed by atoms with E-state index >= 15 is 0 Å². The lowest BCUT2D eigenvalue weighted by molar-refractivity contribution is -0.274. The van der Waals surface area contributed by atoms with Crippen molar-refractivity contribution >= 4 is 5.97 Å². The molecule has 0 aliphatic carbocycles. The summed E-state index contributed by atoms with van der Waals surface area (Å²) in [5.41, 5.74) is 1.55. The first kappa shape index (κ1) is 18.7. The van der Waals surface area contributed by atoms with Gasteiger partial charge in [-0.05, 0) is 23.8 Å². The van der Waals surface area contributed by atoms with E-state index in [4.69, 9.17) is 9.78 Å². The Morgan fingerprint density at radius 1 is 1.09 bits per heavy atom. The molecular formula is C19H30O3. The number of carbonyl (C=O) groups is 1. The Balaban J connectivity index is 2.06. The highest BCUT2D eigenvalue weighted by atomic mass is 17.2. The van der Waals surface area contributed by atoms with Crippen molar-refractivity contribution in [2.75, 3.05) is 6.61 Å². The molecule has 0 spiro atoms. The van der Waals surface area contributed by atoms with Crippen LogP contribution in [-0.4, -0.2) is 12.6 Å². The largest absolute Gasteiger partial charge is 0.342 e. The summed E-state index contributed by atoms with van der Waals surface area (Å²) in [5, 5.41) is 0. The van der Waals surface area contributed by atoms with Gasteiger partial charge in [-0.2, -0.15) is 4.89 Å². The predicted molar refractivity (Wildman–Crippen MR) is 89.4 cm³/mol. The highest BCUT2D eigenvalue weighted by molar-refractivity contribution is 5.68. The molecule has 0 aliphatic rings. The molecule has 3 heteroatoms. The molecule has 0 amide bonds. The van der Waals surface area contributed by atoms with Crippen molar-refractivity contribution in [2.45, 2.75) is 65.7 Å². The van der Waals surface area contributed by atoms with Crippen LogP contribution in [0.3, 0.4) is 0 Å². The quantitative estimate of drug-likeness (QED) is 0.354. The zero-order valence-corrected chi connectivity index (χ0v) is 14.4. The Bertz CT molecular complexity index is 420. The third kappa shape index (κ3) is 8.83. The molecule has 0 saturated carbocycles. The topological polar surface area (TPSA) is 35.5 Å². The molecule has 1 aromatic rings. The summed E-state index contributed by atoms with van der Waals surface area (Å²) in [5.74, 6) is -0.0585. The van der Waals surface area contributed by atoms with Gasteiger partial charge in [0.05, 0.1) is 0 Å². The van der Waals surface area contributed by atoms with Gasteiger partial charge in [0, 0.05) is 12.3 Å². The Morgan fingerprint density at radius 2 is 1.77 bits per heavy atom. The van der Waals surface area contributed by atoms with Crippen LogP contribution in [0, 0.1) is 5.41 Å². The van der Waals surface area contributed by atoms with E-state index < -0.39 is 0 Å². The first-order valence-corrected chi connectivity index (χ1v) is 8.26. The second-order valence-electron chi connectivity index (χ2n) is 7.17. The zero-order chi connectivity index (χ0) is 16.4. The number of hydrogen-bond donors (Lipinski definition) is 0. The molecular weight excluding hydrogens is 276 g/mol. The van der Waals surface area contributed by atoms with Crippen molar-refractivity contribution in [1.82, 2.24) is 0 Å². The summed E-state index contributed by atoms with van der Waals surface area (Å²) in [4.78, 5) is 21.5. The fourth-order valence-electron chi connectivity index (χ4n) is 2.22. The number of benzene rings is 1. The van der Waals surface area contributed by atoms with Crippen molar-refractivity contribution in [2.24, 2.45) is 5.41 Å². The average molecular weight is 306 g/mol. The Morgan fingerprint density at radius 3 is 2.41 bits per heavy atom. The first-order chi connectivity index (χ1) is 10.4. The summed E-state index contributed by atoms with van der Waals surface area (Å²) < 4.78 is 0. The normalized spacial score (nSPS) is 12.9. The predicted octanol–water partition coefficient (Wildman–Crippen LogP) is 5.26. The van der Waals surface area contributed by atoms with Crippen molar-refractivity contribution in [3.63, 3.8) is 0 Å². The average Bonchev–Trinajstić information content (AvgIpc) is 2.46. The fraction of sp³-hybridized carbons (Fsp3) is 0.632. The second kappa shape index (κ2) is 9.62. The van der Waals surface area contributed by atoms with Gasteiger partial charge in [-0.1, -0.05) is 70.9 Å². The second-order valence-corrected chi connectivity index (χ2v) is 7.17. The Hall–Kier alpha value is -1.35. The van der Waals surface area contributed by atoms with Gasteiger partial charge in [-0.15, -0.1) is 0 Å². The summed E-state index contributed by atoms with van der Waals surface area (Å²) in [6.07, 6.45) is 4.71. The standard InChI is InChI=1S/C19H30O3/c1-16(17-11-7-5-8-12-17)15-21-22-18(20)13-9-6-10-14-19(2,3)4/h5,7-8,11-12,16H,6,9-10,13-15H2,1-4H3. The Labute approximate surface area is 134 Å². The Kier molecular flexibility index (Phi) is 8.18. The fourth-order valence-corrected chi connectivity index (χ4v) is 2.22. The minimum atomic E-state index is -0.268. The molecule has 1 unspecified atom stereocenters. The van der Waals surface area contributed by atoms with Crippen LogP contribution >= 0.6 is 0 Å². The molecule has 0 saturated heterocycles. The summed E-state index contributed by atoms with van der Waals surface area (Å²) in [6.45, 7) is 9.16. The van der Waals surface area contributed by atoms with E-state index in [-0.39, 0.29) is 11.9 Å². The van der Waals surface area contributed by atoms with Gasteiger partial charge in [0.15, 0.2) is 0 Å². The maximum Gasteiger partial charge on any atom is 0.342 e. The molecule has 0 heterocycles. The monoisotopic (exact) mass is 306 g/mol. The van der Waals surface area contributed by atoms with Crippen LogP contribution in [0.25, 0.3) is 0 Å². The lowest BCUT2D eigenvalue weighted by Crippen LogP contribution is -2.10. The highest BCUT2D eigenvalue weighted by Gasteiger charge is 2.11. The van der Waals surface area contributed by atoms with Gasteiger partial charge in [0.2, 0.25) is 0 Å². The van der Waals surface area contributed by atoms with Crippen LogP contribution in [0.5, 0.6) is 0 Å². The molecule has 0 aromatic heterocycles. The maximum atomic E-state index is 11.6. The van der Waals surface area contributed by atoms with Crippen LogP contribution in [0.4, 0.5) is 0 Å². The van der Waals surface area contributed by atoms with Gasteiger partial charge < -0.3 is 0 Å². The minimum Gasteiger partial charge on any atom is -0.298 e. The molecule has 0 N–H and O–H groups in total. The van der Waals surface area contributed by atoms with Gasteiger partial charge >= 0.3 is 5.97 Å². The van der Waals surface area contributed by atoms with Gasteiger partial charge in [-0.25, -0.2) is 4.79 Å². The molecule has 1 rings (SSSR count). The van der Waals surface area contributed by atoms with Crippen molar-refractivity contribution in [3.05, 3.63) is 35.9 Å². The van der Waals surface area contributed by atoms with E-state index in [0.29, 0.717) is 18.4 Å². The van der Waals surface area contributed by atoms with Crippen LogP contribution in [-0.2, 0) is 14.6 Å². The molecule has 22 heavy (non-hydrogen) atoms. The molecule has 3 nitrogen and oxygen atoms in total. The SMILES string of the molecule is CC(COOC(=O)CCCCCC(C)(C)C)c1ccccc1. The van der Waals surface area contributed by atoms with E-state index in [2.05, 4.69) is 27.7 Å². The molecule has 0 radical (unpaired) electrons. The van der Waals surface area contributed by atoms with E-state index in [0.717, 1.165) is 19.3 Å². The minimum absolute atomic E-state index is 0.209. The number of hydrogen-bond acceptors (Lipinski definition) is 3. The van der Waals surface area contributed by atoms with E-state index in [1.54, 1.807) is 0 Å². The number of unbranched alkanes of at least 4 members (excludes halogenated alkanes) is 2. The van der Waals surface area contributed by atoms with Crippen LogP contribution in [0.2, 0.25) is 0 Å². The first-order valence-electron chi connectivity index (χ1n) is 8.26. The summed E-state index contributed by atoms with van der Waals surface area (Å²) in [6, 6.07) is 10.1. The zero-order valence-electron chi connectivity index (χ0n) is 14.4. The molecule has 0 fully saturated rings. The molecule has 124 valence electrons. The molecule has 0 bridgehead atoms. The van der Waals surface area contributed by atoms with Crippen LogP contribution in [0.1, 0.15) is 71.3 Å². The van der Waals surface area contributed by atoms with Crippen molar-refractivity contribution in [3.8, 4) is 0 Å². The third-order valence-corrected chi connectivity index (χ3v) is 3.65. The van der Waals surface area contributed by atoms with E-state index in [9.17, 15) is 4.79 Å². The smallest absolute Gasteiger partial charge is 0.298 e. The lowest BCUT2D eigenvalue weighted by Gasteiger charge is -2.17. The van der Waals surface area contributed by atoms with Crippen LogP contribution < -0.4 is 0 Å². The number of carbonyl (C=O) groups excluding carboxylic acids is 1. The van der Waals surface area contributed by atoms with Gasteiger partial charge in [0.25, 0.3) is 0 Å². The summed E-state index contributed by atoms with van der Waals surface area (Å²) >= 11 is 0. The van der Waals surface area contributed by atoms with Gasteiger partial charge in [0.1, 0.15) is 6.61 Å². The highest BCUT2D eigenvalue weighted by Crippen LogP contribution is 2.22. The van der Waals surface area contributed by atoms with E-state index in [1.165, 1.54) is 12.0 Å². The molecule has 1 atom stereocenters. The van der Waals surface area contributed by atoms with E-state index in [1.807, 2.05) is 30.3 Å². The third-order valence-electron chi connectivity index (χ3n) is 3.65. The number of rotatable bonds is 9.